The monoisotopic (exact) mass is 172 g/mol. The normalized spacial score (nSPS) is 29.0. The van der Waals surface area contributed by atoms with Crippen LogP contribution in [0, 0.1) is 0 Å². The zero-order chi connectivity index (χ0) is 9.40. The molecular weight excluding hydrogens is 148 g/mol. The van der Waals surface area contributed by atoms with Gasteiger partial charge in [-0.2, -0.15) is 0 Å². The minimum absolute atomic E-state index is 0.707. The molecule has 2 N–H and O–H groups in total. The van der Waals surface area contributed by atoms with Gasteiger partial charge in [-0.05, 0) is 26.9 Å². The first-order valence-electron chi connectivity index (χ1n) is 5.23. The molecule has 0 aromatic carbocycles. The molecule has 1 aliphatic rings. The molecule has 0 spiro atoms. The van der Waals surface area contributed by atoms with Gasteiger partial charge in [0.15, 0.2) is 0 Å². The van der Waals surface area contributed by atoms with Crippen LogP contribution in [-0.2, 0) is 0 Å². The average Bonchev–Trinajstić information content (AvgIpc) is 2.20. The molecule has 0 amide bonds. The van der Waals surface area contributed by atoms with Gasteiger partial charge in [-0.3, -0.25) is 0 Å². The van der Waals surface area contributed by atoms with Crippen molar-refractivity contribution in [1.82, 2.24) is 10.6 Å². The second-order valence-electron chi connectivity index (χ2n) is 3.07. The van der Waals surface area contributed by atoms with Crippen molar-refractivity contribution < 1.29 is 0 Å². The van der Waals surface area contributed by atoms with Gasteiger partial charge in [-0.15, -0.1) is 0 Å². The van der Waals surface area contributed by atoms with Crippen LogP contribution in [0.3, 0.4) is 0 Å². The number of nitrogens with one attached hydrogen (secondary N) is 2. The summed E-state index contributed by atoms with van der Waals surface area (Å²) >= 11 is 0. The lowest BCUT2D eigenvalue weighted by atomic mass is 9.91. The molecule has 1 saturated carbocycles. The molecule has 0 saturated heterocycles. The minimum Gasteiger partial charge on any atom is -0.315 e. The molecule has 0 radical (unpaired) electrons. The number of hydrogen-bond donors (Lipinski definition) is 2. The van der Waals surface area contributed by atoms with Crippen molar-refractivity contribution in [2.75, 3.05) is 14.1 Å². The third kappa shape index (κ3) is 3.55. The Morgan fingerprint density at radius 2 is 1.17 bits per heavy atom. The van der Waals surface area contributed by atoms with E-state index in [9.17, 15) is 0 Å². The summed E-state index contributed by atoms with van der Waals surface area (Å²) in [5.74, 6) is 0. The summed E-state index contributed by atoms with van der Waals surface area (Å²) in [5.41, 5.74) is 0. The third-order valence-electron chi connectivity index (χ3n) is 2.51. The van der Waals surface area contributed by atoms with E-state index in [0.717, 1.165) is 0 Å². The van der Waals surface area contributed by atoms with E-state index in [4.69, 9.17) is 0 Å². The molecule has 12 heavy (non-hydrogen) atoms. The Hall–Kier alpha value is -0.0800. The van der Waals surface area contributed by atoms with Gasteiger partial charge in [-0.25, -0.2) is 0 Å². The van der Waals surface area contributed by atoms with Crippen LogP contribution in [0.5, 0.6) is 0 Å². The van der Waals surface area contributed by atoms with Gasteiger partial charge in [0.05, 0.1) is 0 Å². The highest BCUT2D eigenvalue weighted by Gasteiger charge is 2.21. The molecule has 2 atom stereocenters. The van der Waals surface area contributed by atoms with Crippen molar-refractivity contribution in [2.24, 2.45) is 0 Å². The summed E-state index contributed by atoms with van der Waals surface area (Å²) in [5, 5.41) is 6.68. The summed E-state index contributed by atoms with van der Waals surface area (Å²) in [7, 11) is 4.11. The lowest BCUT2D eigenvalue weighted by Crippen LogP contribution is -2.47. The summed E-state index contributed by atoms with van der Waals surface area (Å²) in [4.78, 5) is 0. The summed E-state index contributed by atoms with van der Waals surface area (Å²) in [6, 6.07) is 1.41. The van der Waals surface area contributed by atoms with Gasteiger partial charge in [0, 0.05) is 12.1 Å². The second-order valence-corrected chi connectivity index (χ2v) is 3.07. The van der Waals surface area contributed by atoms with Crippen LogP contribution in [0.15, 0.2) is 0 Å². The Morgan fingerprint density at radius 1 is 0.833 bits per heavy atom. The highest BCUT2D eigenvalue weighted by Crippen LogP contribution is 2.17. The fourth-order valence-electron chi connectivity index (χ4n) is 1.82. The highest BCUT2D eigenvalue weighted by atomic mass is 15.0. The molecule has 0 bridgehead atoms. The van der Waals surface area contributed by atoms with Gasteiger partial charge < -0.3 is 10.6 Å². The molecule has 1 fully saturated rings. The van der Waals surface area contributed by atoms with Crippen molar-refractivity contribution in [3.8, 4) is 0 Å². The zero-order valence-electron chi connectivity index (χ0n) is 8.98. The Kier molecular flexibility index (Phi) is 7.51. The van der Waals surface area contributed by atoms with Crippen molar-refractivity contribution in [3.05, 3.63) is 0 Å². The Morgan fingerprint density at radius 3 is 1.42 bits per heavy atom. The number of hydrogen-bond acceptors (Lipinski definition) is 2. The Balaban J connectivity index is 0.000000561. The van der Waals surface area contributed by atoms with E-state index in [2.05, 4.69) is 24.7 Å². The van der Waals surface area contributed by atoms with Crippen LogP contribution < -0.4 is 10.6 Å². The topological polar surface area (TPSA) is 24.1 Å². The molecule has 1 aliphatic carbocycles. The molecule has 0 aliphatic heterocycles. The van der Waals surface area contributed by atoms with Crippen LogP contribution in [0.4, 0.5) is 0 Å². The molecule has 2 nitrogen and oxygen atoms in total. The number of rotatable bonds is 2. The highest BCUT2D eigenvalue weighted by molar-refractivity contribution is 4.83. The van der Waals surface area contributed by atoms with Gasteiger partial charge in [0.1, 0.15) is 0 Å². The van der Waals surface area contributed by atoms with E-state index in [-0.39, 0.29) is 0 Å². The lowest BCUT2D eigenvalue weighted by molar-refractivity contribution is 0.309. The summed E-state index contributed by atoms with van der Waals surface area (Å²) < 4.78 is 0. The smallest absolute Gasteiger partial charge is 0.0218 e. The predicted octanol–water partition coefficient (Wildman–Crippen LogP) is 1.76. The van der Waals surface area contributed by atoms with Crippen LogP contribution in [-0.4, -0.2) is 26.2 Å². The van der Waals surface area contributed by atoms with Crippen molar-refractivity contribution in [1.29, 1.82) is 0 Å². The van der Waals surface area contributed by atoms with E-state index in [1.807, 2.05) is 13.8 Å². The molecule has 0 aromatic rings. The van der Waals surface area contributed by atoms with Crippen molar-refractivity contribution >= 4 is 0 Å². The third-order valence-corrected chi connectivity index (χ3v) is 2.51. The SMILES string of the molecule is CC.CNC1CCCCC1NC. The molecule has 2 heteroatoms. The summed E-state index contributed by atoms with van der Waals surface area (Å²) in [6.45, 7) is 4.00. The van der Waals surface area contributed by atoms with Crippen molar-refractivity contribution in [3.63, 3.8) is 0 Å². The molecule has 0 aromatic heterocycles. The first-order valence-corrected chi connectivity index (χ1v) is 5.23. The van der Waals surface area contributed by atoms with E-state index in [0.29, 0.717) is 12.1 Å². The largest absolute Gasteiger partial charge is 0.315 e. The fraction of sp³-hybridized carbons (Fsp3) is 1.00. The number of likely N-dealkylation sites (N-methyl/N-ethyl adjacent to an activating group) is 2. The van der Waals surface area contributed by atoms with Gasteiger partial charge in [0.2, 0.25) is 0 Å². The van der Waals surface area contributed by atoms with E-state index >= 15 is 0 Å². The van der Waals surface area contributed by atoms with E-state index < -0.39 is 0 Å². The first-order chi connectivity index (χ1) is 5.88. The lowest BCUT2D eigenvalue weighted by Gasteiger charge is -2.30. The second kappa shape index (κ2) is 7.56. The van der Waals surface area contributed by atoms with Crippen molar-refractivity contribution in [2.45, 2.75) is 51.6 Å². The quantitative estimate of drug-likeness (QED) is 0.663. The average molecular weight is 172 g/mol. The first kappa shape index (κ1) is 11.9. The Bertz CT molecular complexity index is 81.8. The Labute approximate surface area is 77.1 Å². The maximum atomic E-state index is 3.34. The van der Waals surface area contributed by atoms with Crippen LogP contribution in [0.1, 0.15) is 39.5 Å². The van der Waals surface area contributed by atoms with Crippen LogP contribution in [0.2, 0.25) is 0 Å². The maximum absolute atomic E-state index is 3.34. The molecule has 74 valence electrons. The van der Waals surface area contributed by atoms with Gasteiger partial charge in [-0.1, -0.05) is 26.7 Å². The molecule has 2 unspecified atom stereocenters. The molecule has 0 heterocycles. The summed E-state index contributed by atoms with van der Waals surface area (Å²) in [6.07, 6.45) is 5.46. The zero-order valence-corrected chi connectivity index (χ0v) is 8.98. The van der Waals surface area contributed by atoms with E-state index in [1.165, 1.54) is 25.7 Å². The van der Waals surface area contributed by atoms with E-state index in [1.54, 1.807) is 0 Å². The van der Waals surface area contributed by atoms with Crippen LogP contribution in [0.25, 0.3) is 0 Å². The van der Waals surface area contributed by atoms with Gasteiger partial charge in [0.25, 0.3) is 0 Å². The van der Waals surface area contributed by atoms with Crippen LogP contribution >= 0.6 is 0 Å². The maximum Gasteiger partial charge on any atom is 0.0218 e. The predicted molar refractivity (Wildman–Crippen MR) is 55.5 cm³/mol. The molecule has 1 rings (SSSR count). The standard InChI is InChI=1S/C8H18N2.C2H6/c1-9-7-5-3-4-6-8(7)10-2;1-2/h7-10H,3-6H2,1-2H3;1-2H3. The minimum atomic E-state index is 0.707. The molecular formula is C10H24N2. The van der Waals surface area contributed by atoms with Gasteiger partial charge >= 0.3 is 0 Å². The fourth-order valence-corrected chi connectivity index (χ4v) is 1.82.